The van der Waals surface area contributed by atoms with Crippen molar-refractivity contribution in [3.8, 4) is 0 Å². The van der Waals surface area contributed by atoms with E-state index >= 15 is 0 Å². The molecular weight excluding hydrogens is 355 g/mol. The third kappa shape index (κ3) is 6.24. The number of halogens is 2. The van der Waals surface area contributed by atoms with E-state index in [-0.39, 0.29) is 6.04 Å². The maximum absolute atomic E-state index is 6.23. The molecule has 0 spiro atoms. The number of guanidine groups is 1. The zero-order valence-corrected chi connectivity index (χ0v) is 16.3. The number of hydrogen-bond donors (Lipinski definition) is 2. The molecule has 0 aliphatic carbocycles. The van der Waals surface area contributed by atoms with Crippen molar-refractivity contribution in [2.24, 2.45) is 10.7 Å². The zero-order chi connectivity index (χ0) is 18.4. The van der Waals surface area contributed by atoms with Crippen LogP contribution in [0, 0.1) is 0 Å². The Labute approximate surface area is 159 Å². The number of nitrogens with one attached hydrogen (secondary N) is 1. The van der Waals surface area contributed by atoms with Crippen molar-refractivity contribution in [3.63, 3.8) is 0 Å². The minimum absolute atomic E-state index is 0.0615. The second kappa shape index (κ2) is 9.09. The van der Waals surface area contributed by atoms with Gasteiger partial charge in [-0.3, -0.25) is 0 Å². The molecule has 0 saturated carbocycles. The Morgan fingerprint density at radius 2 is 1.88 bits per heavy atom. The molecule has 0 amide bonds. The first kappa shape index (κ1) is 19.6. The number of benzene rings is 2. The van der Waals surface area contributed by atoms with Gasteiger partial charge in [0.15, 0.2) is 5.96 Å². The van der Waals surface area contributed by atoms with E-state index in [0.29, 0.717) is 22.5 Å². The van der Waals surface area contributed by atoms with Gasteiger partial charge in [-0.2, -0.15) is 0 Å². The minimum Gasteiger partial charge on any atom is -0.370 e. The second-order valence-electron chi connectivity index (χ2n) is 6.29. The van der Waals surface area contributed by atoms with Gasteiger partial charge < -0.3 is 16.0 Å². The molecule has 134 valence electrons. The predicted molar refractivity (Wildman–Crippen MR) is 107 cm³/mol. The van der Waals surface area contributed by atoms with E-state index in [9.17, 15) is 0 Å². The van der Waals surface area contributed by atoms with Crippen LogP contribution in [0.15, 0.2) is 47.5 Å². The first-order valence-electron chi connectivity index (χ1n) is 8.09. The maximum Gasteiger partial charge on any atom is 0.189 e. The van der Waals surface area contributed by atoms with Crippen molar-refractivity contribution in [1.29, 1.82) is 0 Å². The van der Waals surface area contributed by atoms with Crippen LogP contribution in [0.3, 0.4) is 0 Å². The molecular formula is C19H24Cl2N4. The topological polar surface area (TPSA) is 53.6 Å². The first-order valence-corrected chi connectivity index (χ1v) is 8.84. The highest BCUT2D eigenvalue weighted by atomic mass is 35.5. The lowest BCUT2D eigenvalue weighted by Gasteiger charge is -2.16. The molecule has 0 heterocycles. The molecule has 6 heteroatoms. The molecule has 0 bridgehead atoms. The van der Waals surface area contributed by atoms with E-state index in [2.05, 4.69) is 47.5 Å². The van der Waals surface area contributed by atoms with Crippen molar-refractivity contribution >= 4 is 29.2 Å². The summed E-state index contributed by atoms with van der Waals surface area (Å²) in [4.78, 5) is 6.56. The van der Waals surface area contributed by atoms with Gasteiger partial charge in [-0.25, -0.2) is 4.99 Å². The zero-order valence-electron chi connectivity index (χ0n) is 14.8. The summed E-state index contributed by atoms with van der Waals surface area (Å²) in [6, 6.07) is 13.7. The molecule has 1 atom stereocenters. The molecule has 25 heavy (non-hydrogen) atoms. The largest absolute Gasteiger partial charge is 0.370 e. The normalized spacial score (nSPS) is 13.1. The van der Waals surface area contributed by atoms with E-state index in [0.717, 1.165) is 17.7 Å². The fourth-order valence-electron chi connectivity index (χ4n) is 2.57. The van der Waals surface area contributed by atoms with Gasteiger partial charge in [0.1, 0.15) is 0 Å². The van der Waals surface area contributed by atoms with Crippen LogP contribution in [0.1, 0.15) is 29.7 Å². The third-order valence-corrected chi connectivity index (χ3v) is 4.28. The Bertz CT molecular complexity index is 744. The van der Waals surface area contributed by atoms with Crippen LogP contribution >= 0.6 is 23.2 Å². The average Bonchev–Trinajstić information content (AvgIpc) is 2.52. The SMILES string of the molecule is CC(NC(N)=NCc1cccc(CN(C)C)c1)c1ccc(Cl)cc1Cl. The van der Waals surface area contributed by atoms with E-state index in [1.165, 1.54) is 5.56 Å². The van der Waals surface area contributed by atoms with Crippen LogP contribution in [0.4, 0.5) is 0 Å². The smallest absolute Gasteiger partial charge is 0.189 e. The van der Waals surface area contributed by atoms with Crippen LogP contribution in [0.5, 0.6) is 0 Å². The Balaban J connectivity index is 1.99. The third-order valence-electron chi connectivity index (χ3n) is 3.72. The maximum atomic E-state index is 6.23. The summed E-state index contributed by atoms with van der Waals surface area (Å²) in [6.07, 6.45) is 0. The van der Waals surface area contributed by atoms with E-state index in [4.69, 9.17) is 28.9 Å². The molecule has 0 fully saturated rings. The average molecular weight is 379 g/mol. The van der Waals surface area contributed by atoms with Gasteiger partial charge in [-0.15, -0.1) is 0 Å². The molecule has 4 nitrogen and oxygen atoms in total. The molecule has 3 N–H and O–H groups in total. The highest BCUT2D eigenvalue weighted by molar-refractivity contribution is 6.35. The fraction of sp³-hybridized carbons (Fsp3) is 0.316. The number of rotatable bonds is 6. The molecule has 0 aliphatic rings. The summed E-state index contributed by atoms with van der Waals surface area (Å²) in [6.45, 7) is 3.41. The van der Waals surface area contributed by atoms with Gasteiger partial charge in [0.25, 0.3) is 0 Å². The van der Waals surface area contributed by atoms with Crippen molar-refractivity contribution in [3.05, 3.63) is 69.2 Å². The van der Waals surface area contributed by atoms with Gasteiger partial charge in [0, 0.05) is 16.6 Å². The molecule has 0 aromatic heterocycles. The minimum atomic E-state index is -0.0615. The van der Waals surface area contributed by atoms with Crippen molar-refractivity contribution in [2.75, 3.05) is 14.1 Å². The van der Waals surface area contributed by atoms with Gasteiger partial charge in [-0.1, -0.05) is 53.5 Å². The van der Waals surface area contributed by atoms with Gasteiger partial charge in [0.2, 0.25) is 0 Å². The van der Waals surface area contributed by atoms with E-state index < -0.39 is 0 Å². The lowest BCUT2D eigenvalue weighted by molar-refractivity contribution is 0.402. The summed E-state index contributed by atoms with van der Waals surface area (Å²) < 4.78 is 0. The van der Waals surface area contributed by atoms with Crippen molar-refractivity contribution < 1.29 is 0 Å². The number of nitrogens with zero attached hydrogens (tertiary/aromatic N) is 2. The summed E-state index contributed by atoms with van der Waals surface area (Å²) in [5.74, 6) is 0.386. The molecule has 0 aliphatic heterocycles. The Morgan fingerprint density at radius 3 is 2.56 bits per heavy atom. The quantitative estimate of drug-likeness (QED) is 0.584. The molecule has 2 rings (SSSR count). The first-order chi connectivity index (χ1) is 11.8. The molecule has 1 unspecified atom stereocenters. The van der Waals surface area contributed by atoms with Gasteiger partial charge in [0.05, 0.1) is 12.6 Å². The molecule has 2 aromatic carbocycles. The Kier molecular flexibility index (Phi) is 7.12. The van der Waals surface area contributed by atoms with Crippen LogP contribution in [0.2, 0.25) is 10.0 Å². The van der Waals surface area contributed by atoms with Crippen LogP contribution < -0.4 is 11.1 Å². The van der Waals surface area contributed by atoms with Crippen LogP contribution in [-0.2, 0) is 13.1 Å². The van der Waals surface area contributed by atoms with Crippen molar-refractivity contribution in [1.82, 2.24) is 10.2 Å². The summed E-state index contributed by atoms with van der Waals surface area (Å²) in [7, 11) is 4.10. The van der Waals surface area contributed by atoms with Crippen LogP contribution in [0.25, 0.3) is 0 Å². The lowest BCUT2D eigenvalue weighted by Crippen LogP contribution is -2.34. The number of nitrogens with two attached hydrogens (primary N) is 1. The standard InChI is InChI=1S/C19H24Cl2N4/c1-13(17-8-7-16(20)10-18(17)21)24-19(22)23-11-14-5-4-6-15(9-14)12-25(2)3/h4-10,13H,11-12H2,1-3H3,(H3,22,23,24). The monoisotopic (exact) mass is 378 g/mol. The van der Waals surface area contributed by atoms with Gasteiger partial charge in [-0.05, 0) is 49.8 Å². The van der Waals surface area contributed by atoms with E-state index in [1.54, 1.807) is 6.07 Å². The van der Waals surface area contributed by atoms with E-state index in [1.807, 2.05) is 25.1 Å². The fourth-order valence-corrected chi connectivity index (χ4v) is 3.14. The highest BCUT2D eigenvalue weighted by Crippen LogP contribution is 2.25. The second-order valence-corrected chi connectivity index (χ2v) is 7.13. The van der Waals surface area contributed by atoms with Crippen LogP contribution in [-0.4, -0.2) is 25.0 Å². The number of hydrogen-bond acceptors (Lipinski definition) is 2. The summed E-state index contributed by atoms with van der Waals surface area (Å²) >= 11 is 12.2. The number of aliphatic imine (C=N–C) groups is 1. The molecule has 2 aromatic rings. The Morgan fingerprint density at radius 1 is 1.16 bits per heavy atom. The Hall–Kier alpha value is -1.75. The molecule has 0 saturated heterocycles. The summed E-state index contributed by atoms with van der Waals surface area (Å²) in [5.41, 5.74) is 9.33. The van der Waals surface area contributed by atoms with Gasteiger partial charge >= 0.3 is 0 Å². The molecule has 0 radical (unpaired) electrons. The summed E-state index contributed by atoms with van der Waals surface area (Å²) in [5, 5.41) is 4.38. The predicted octanol–water partition coefficient (Wildman–Crippen LogP) is 4.22. The van der Waals surface area contributed by atoms with Crippen molar-refractivity contribution in [2.45, 2.75) is 26.1 Å². The highest BCUT2D eigenvalue weighted by Gasteiger charge is 2.10. The lowest BCUT2D eigenvalue weighted by atomic mass is 10.1.